The van der Waals surface area contributed by atoms with Crippen molar-refractivity contribution in [3.63, 3.8) is 0 Å². The first-order valence-corrected chi connectivity index (χ1v) is 24.4. The quantitative estimate of drug-likeness (QED) is 0.0167. The third-order valence-electron chi connectivity index (χ3n) is 13.3. The molecular weight excluding hydrogens is 979 g/mol. The molecule has 0 spiro atoms. The van der Waals surface area contributed by atoms with Gasteiger partial charge >= 0.3 is 0 Å². The van der Waals surface area contributed by atoms with Gasteiger partial charge < -0.3 is 54.8 Å². The van der Waals surface area contributed by atoms with Gasteiger partial charge in [0.25, 0.3) is 11.8 Å². The monoisotopic (exact) mass is 1030 g/mol. The highest BCUT2D eigenvalue weighted by atomic mass is 19.1. The largest absolute Gasteiger partial charge is 0.486 e. The van der Waals surface area contributed by atoms with Crippen molar-refractivity contribution in [2.75, 3.05) is 65.7 Å². The van der Waals surface area contributed by atoms with Gasteiger partial charge in [-0.25, -0.2) is 17.6 Å². The number of nitrogens with zero attached hydrogens (tertiary/aromatic N) is 3. The number of amides is 2. The number of Topliss-reactive ketones (excluding diaryl/α,β-unsaturated/α-hetero) is 1. The van der Waals surface area contributed by atoms with E-state index in [1.807, 2.05) is 4.90 Å². The summed E-state index contributed by atoms with van der Waals surface area (Å²) in [6, 6.07) is 28.7. The van der Waals surface area contributed by atoms with Crippen molar-refractivity contribution in [3.8, 4) is 45.3 Å². The Morgan fingerprint density at radius 3 is 1.28 bits per heavy atom. The van der Waals surface area contributed by atoms with Crippen molar-refractivity contribution in [3.05, 3.63) is 167 Å². The minimum absolute atomic E-state index is 0.00527. The molecule has 0 aliphatic carbocycles. The Balaban J connectivity index is 0.000000184. The topological polar surface area (TPSA) is 192 Å². The average Bonchev–Trinajstić information content (AvgIpc) is 3.40. The van der Waals surface area contributed by atoms with Crippen molar-refractivity contribution in [1.29, 1.82) is 0 Å². The number of oxime groups is 1. The van der Waals surface area contributed by atoms with Gasteiger partial charge in [0.15, 0.2) is 40.3 Å². The molecular formula is C56H53F4N5O10. The standard InChI is InChI=1S/C28H27F2N3O5.C28H26F2N2O5/c29-21-8-6-18(7-9-21)17-2-4-19(5-3-17)25(32-36)28(35)31-23(16-33-10-1-11-33)26(34)20-14-22(30)27-24(15-20)37-12-13-38-27;29-21-8-6-18(7-9-21)17-2-4-19(5-3-17)26(34)28(35)31-23(16-32-10-1-11-32)25(33)20-14-22(30)27-24(15-20)36-12-13-37-27/h2-9,14-15,23,26,34,36H,1,10-13,16H2,(H,31,35);2-9,14-15,23,25,33H,1,10-13,16H2,(H,31,35)/b32-25+;/t23-,26-;23-,25-/m11/s1. The Morgan fingerprint density at radius 1 is 0.520 bits per heavy atom. The van der Waals surface area contributed by atoms with Crippen LogP contribution in [-0.4, -0.2) is 126 Å². The van der Waals surface area contributed by atoms with Gasteiger partial charge in [-0.05, 0) is 121 Å². The van der Waals surface area contributed by atoms with Gasteiger partial charge in [0.05, 0.1) is 12.1 Å². The lowest BCUT2D eigenvalue weighted by Gasteiger charge is -2.36. The van der Waals surface area contributed by atoms with Crippen molar-refractivity contribution in [2.45, 2.75) is 37.1 Å². The molecule has 4 heterocycles. The molecule has 4 aliphatic heterocycles. The maximum Gasteiger partial charge on any atom is 0.292 e. The SMILES string of the molecule is O=C(N[C@H](CN1CCC1)[C@H](O)c1cc(F)c2c(c1)OCCO2)/C(=N/O)c1ccc(-c2ccc(F)cc2)cc1.O=C(N[C@H](CN1CCC1)[C@H](O)c1cc(F)c2c(c1)OCCO2)C(=O)c1ccc(-c2ccc(F)cc2)cc1. The van der Waals surface area contributed by atoms with E-state index in [2.05, 4.69) is 20.7 Å². The number of ether oxygens (including phenoxy) is 4. The van der Waals surface area contributed by atoms with Gasteiger partial charge in [0.1, 0.15) is 50.3 Å². The van der Waals surface area contributed by atoms with Gasteiger partial charge in [0, 0.05) is 24.2 Å². The van der Waals surface area contributed by atoms with Gasteiger partial charge in [-0.2, -0.15) is 0 Å². The van der Waals surface area contributed by atoms with Crippen molar-refractivity contribution in [1.82, 2.24) is 20.4 Å². The number of ketones is 1. The molecule has 2 saturated heterocycles. The molecule has 2 fully saturated rings. The van der Waals surface area contributed by atoms with Crippen LogP contribution in [0.5, 0.6) is 23.0 Å². The zero-order valence-corrected chi connectivity index (χ0v) is 40.4. The normalized spacial score (nSPS) is 16.6. The van der Waals surface area contributed by atoms with Crippen LogP contribution in [0.3, 0.4) is 0 Å². The second-order valence-corrected chi connectivity index (χ2v) is 18.4. The molecule has 0 radical (unpaired) electrons. The lowest BCUT2D eigenvalue weighted by molar-refractivity contribution is -0.119. The Hall–Kier alpha value is -7.84. The lowest BCUT2D eigenvalue weighted by atomic mass is 9.98. The van der Waals surface area contributed by atoms with Crippen LogP contribution in [0, 0.1) is 23.3 Å². The minimum Gasteiger partial charge on any atom is -0.486 e. The maximum atomic E-state index is 14.7. The van der Waals surface area contributed by atoms with Crippen molar-refractivity contribution in [2.24, 2.45) is 5.16 Å². The highest BCUT2D eigenvalue weighted by Crippen LogP contribution is 2.38. The Labute approximate surface area is 428 Å². The molecule has 0 saturated carbocycles. The van der Waals surface area contributed by atoms with E-state index in [1.165, 1.54) is 54.6 Å². The van der Waals surface area contributed by atoms with Gasteiger partial charge in [-0.3, -0.25) is 14.4 Å². The first-order chi connectivity index (χ1) is 36.3. The van der Waals surface area contributed by atoms with Crippen molar-refractivity contribution >= 4 is 23.3 Å². The number of carbonyl (C=O) groups excluding carboxylic acids is 3. The molecule has 2 amide bonds. The van der Waals surface area contributed by atoms with E-state index in [0.717, 1.165) is 67.3 Å². The summed E-state index contributed by atoms with van der Waals surface area (Å²) < 4.78 is 77.3. The van der Waals surface area contributed by atoms with Crippen LogP contribution in [-0.2, 0) is 9.59 Å². The van der Waals surface area contributed by atoms with E-state index >= 15 is 0 Å². The number of aliphatic hydroxyl groups excluding tert-OH is 2. The molecule has 19 heteroatoms. The first kappa shape index (κ1) is 52.0. The van der Waals surface area contributed by atoms with E-state index in [9.17, 15) is 47.4 Å². The summed E-state index contributed by atoms with van der Waals surface area (Å²) in [7, 11) is 0. The van der Waals surface area contributed by atoms with E-state index < -0.39 is 53.5 Å². The highest BCUT2D eigenvalue weighted by Gasteiger charge is 2.33. The van der Waals surface area contributed by atoms with Crippen molar-refractivity contribution < 1.29 is 66.3 Å². The summed E-state index contributed by atoms with van der Waals surface area (Å²) in [4.78, 5) is 43.1. The summed E-state index contributed by atoms with van der Waals surface area (Å²) in [6.07, 6.45) is -0.567. The molecule has 390 valence electrons. The zero-order valence-electron chi connectivity index (χ0n) is 40.4. The predicted molar refractivity (Wildman–Crippen MR) is 267 cm³/mol. The molecule has 0 bridgehead atoms. The minimum atomic E-state index is -1.29. The fourth-order valence-electron chi connectivity index (χ4n) is 8.96. The molecule has 10 rings (SSSR count). The maximum absolute atomic E-state index is 14.7. The number of nitrogens with one attached hydrogen (secondary N) is 2. The van der Waals surface area contributed by atoms with E-state index in [1.54, 1.807) is 60.7 Å². The molecule has 0 unspecified atom stereocenters. The van der Waals surface area contributed by atoms with Crippen LogP contribution >= 0.6 is 0 Å². The van der Waals surface area contributed by atoms with Crippen LogP contribution < -0.4 is 29.6 Å². The highest BCUT2D eigenvalue weighted by molar-refractivity contribution is 6.45. The number of rotatable bonds is 16. The second kappa shape index (κ2) is 23.6. The smallest absolute Gasteiger partial charge is 0.292 e. The molecule has 0 aromatic heterocycles. The number of halogens is 4. The number of hydrogen-bond acceptors (Lipinski definition) is 13. The number of aliphatic hydroxyl groups is 2. The summed E-state index contributed by atoms with van der Waals surface area (Å²) in [6.45, 7) is 4.79. The molecule has 4 aliphatic rings. The number of hydrogen-bond donors (Lipinski definition) is 5. The molecule has 15 nitrogen and oxygen atoms in total. The Bertz CT molecular complexity index is 3030. The number of benzene rings is 6. The fraction of sp³-hybridized carbons (Fsp3) is 0.286. The number of fused-ring (bicyclic) bond motifs is 2. The van der Waals surface area contributed by atoms with Gasteiger partial charge in [0.2, 0.25) is 5.78 Å². The second-order valence-electron chi connectivity index (χ2n) is 18.4. The van der Waals surface area contributed by atoms with E-state index in [0.29, 0.717) is 18.7 Å². The van der Waals surface area contributed by atoms with Crippen LogP contribution in [0.1, 0.15) is 52.1 Å². The predicted octanol–water partition coefficient (Wildman–Crippen LogP) is 7.02. The average molecular weight is 1030 g/mol. The summed E-state index contributed by atoms with van der Waals surface area (Å²) in [5.74, 6) is -4.00. The van der Waals surface area contributed by atoms with E-state index in [-0.39, 0.29) is 83.5 Å². The lowest BCUT2D eigenvalue weighted by Crippen LogP contribution is -2.52. The van der Waals surface area contributed by atoms with Gasteiger partial charge in [-0.1, -0.05) is 78.0 Å². The molecule has 5 N–H and O–H groups in total. The summed E-state index contributed by atoms with van der Waals surface area (Å²) >= 11 is 0. The van der Waals surface area contributed by atoms with E-state index in [4.69, 9.17) is 18.9 Å². The van der Waals surface area contributed by atoms with Crippen LogP contribution in [0.2, 0.25) is 0 Å². The van der Waals surface area contributed by atoms with Crippen LogP contribution in [0.15, 0.2) is 126 Å². The molecule has 75 heavy (non-hydrogen) atoms. The third kappa shape index (κ3) is 12.4. The number of carbonyl (C=O) groups is 3. The summed E-state index contributed by atoms with van der Waals surface area (Å²) in [5.41, 5.74) is 3.83. The third-order valence-corrected chi connectivity index (χ3v) is 13.3. The van der Waals surface area contributed by atoms with Crippen LogP contribution in [0.25, 0.3) is 22.3 Å². The first-order valence-electron chi connectivity index (χ1n) is 24.4. The van der Waals surface area contributed by atoms with Crippen LogP contribution in [0.4, 0.5) is 17.6 Å². The fourth-order valence-corrected chi connectivity index (χ4v) is 8.96. The zero-order chi connectivity index (χ0) is 52.6. The molecule has 4 atom stereocenters. The molecule has 6 aromatic carbocycles. The number of likely N-dealkylation sites (tertiary alicyclic amines) is 2. The summed E-state index contributed by atoms with van der Waals surface area (Å²) in [5, 5.41) is 40.6. The Morgan fingerprint density at radius 2 is 0.893 bits per heavy atom. The molecule has 6 aromatic rings. The van der Waals surface area contributed by atoms with Gasteiger partial charge in [-0.15, -0.1) is 0 Å². The Kier molecular flexibility index (Phi) is 16.4.